The Kier molecular flexibility index (Phi) is 6.19. The van der Waals surface area contributed by atoms with Crippen molar-refractivity contribution in [3.05, 3.63) is 48.8 Å². The average molecular weight is 405 g/mol. The number of benzene rings is 1. The monoisotopic (exact) mass is 405 g/mol. The molecule has 7 nitrogen and oxygen atoms in total. The summed E-state index contributed by atoms with van der Waals surface area (Å²) < 4.78 is 31.2. The summed E-state index contributed by atoms with van der Waals surface area (Å²) in [5, 5.41) is 10.9. The first kappa shape index (κ1) is 19.7. The molecule has 0 saturated heterocycles. The highest BCUT2D eigenvalue weighted by Crippen LogP contribution is 2.29. The van der Waals surface area contributed by atoms with E-state index in [1.807, 2.05) is 12.1 Å². The van der Waals surface area contributed by atoms with Gasteiger partial charge in [0.15, 0.2) is 11.0 Å². The normalized spacial score (nSPS) is 12.0. The van der Waals surface area contributed by atoms with Gasteiger partial charge in [-0.1, -0.05) is 23.9 Å². The molecular weight excluding hydrogens is 388 g/mol. The van der Waals surface area contributed by atoms with Crippen LogP contribution in [0.2, 0.25) is 0 Å². The van der Waals surface area contributed by atoms with E-state index in [1.165, 1.54) is 23.9 Å². The molecule has 0 saturated carbocycles. The molecule has 146 valence electrons. The van der Waals surface area contributed by atoms with Crippen LogP contribution in [0.1, 0.15) is 6.92 Å². The SMILES string of the molecule is C[C@@H](Sc1nnc(-c2ccncc2)n1C)C(=O)Nc1ccccc1OC(F)F. The maximum absolute atomic E-state index is 12.5. The van der Waals surface area contributed by atoms with Gasteiger partial charge in [0.1, 0.15) is 5.75 Å². The topological polar surface area (TPSA) is 81.9 Å². The Hall–Kier alpha value is -3.01. The number of amides is 1. The summed E-state index contributed by atoms with van der Waals surface area (Å²) in [6.07, 6.45) is 3.32. The molecule has 0 radical (unpaired) electrons. The number of aromatic nitrogens is 4. The molecule has 2 aromatic heterocycles. The van der Waals surface area contributed by atoms with Crippen LogP contribution in [0, 0.1) is 0 Å². The van der Waals surface area contributed by atoms with Gasteiger partial charge in [0.25, 0.3) is 0 Å². The van der Waals surface area contributed by atoms with E-state index in [2.05, 4.69) is 25.2 Å². The summed E-state index contributed by atoms with van der Waals surface area (Å²) in [6, 6.07) is 9.66. The molecule has 1 aromatic carbocycles. The smallest absolute Gasteiger partial charge is 0.387 e. The fourth-order valence-corrected chi connectivity index (χ4v) is 3.20. The lowest BCUT2D eigenvalue weighted by atomic mass is 10.2. The van der Waals surface area contributed by atoms with E-state index < -0.39 is 11.9 Å². The van der Waals surface area contributed by atoms with Crippen LogP contribution in [0.15, 0.2) is 53.9 Å². The van der Waals surface area contributed by atoms with Crippen LogP contribution in [0.5, 0.6) is 5.75 Å². The fourth-order valence-electron chi connectivity index (χ4n) is 2.38. The second kappa shape index (κ2) is 8.79. The minimum absolute atomic E-state index is 0.0957. The zero-order valence-corrected chi connectivity index (χ0v) is 15.9. The molecule has 10 heteroatoms. The fraction of sp³-hybridized carbons (Fsp3) is 0.222. The molecule has 1 amide bonds. The highest BCUT2D eigenvalue weighted by atomic mass is 32.2. The Balaban J connectivity index is 1.70. The van der Waals surface area contributed by atoms with Crippen molar-refractivity contribution >= 4 is 23.4 Å². The Morgan fingerprint density at radius 2 is 1.89 bits per heavy atom. The van der Waals surface area contributed by atoms with Gasteiger partial charge >= 0.3 is 6.61 Å². The lowest BCUT2D eigenvalue weighted by Crippen LogP contribution is -2.23. The van der Waals surface area contributed by atoms with Gasteiger partial charge in [-0.25, -0.2) is 0 Å². The second-order valence-electron chi connectivity index (χ2n) is 5.73. The highest BCUT2D eigenvalue weighted by Gasteiger charge is 2.21. The van der Waals surface area contributed by atoms with Crippen LogP contribution < -0.4 is 10.1 Å². The summed E-state index contributed by atoms with van der Waals surface area (Å²) in [4.78, 5) is 16.5. The zero-order chi connectivity index (χ0) is 20.1. The molecule has 0 spiro atoms. The lowest BCUT2D eigenvalue weighted by molar-refractivity contribution is -0.115. The summed E-state index contributed by atoms with van der Waals surface area (Å²) in [6.45, 7) is -1.28. The van der Waals surface area contributed by atoms with Crippen molar-refractivity contribution in [3.8, 4) is 17.1 Å². The van der Waals surface area contributed by atoms with Crippen molar-refractivity contribution in [3.63, 3.8) is 0 Å². The van der Waals surface area contributed by atoms with E-state index in [1.54, 1.807) is 43.1 Å². The number of pyridine rings is 1. The van der Waals surface area contributed by atoms with Crippen molar-refractivity contribution in [2.75, 3.05) is 5.32 Å². The van der Waals surface area contributed by atoms with Crippen LogP contribution in [-0.4, -0.2) is 37.5 Å². The lowest BCUT2D eigenvalue weighted by Gasteiger charge is -2.14. The third kappa shape index (κ3) is 4.63. The molecule has 2 heterocycles. The Labute approximate surface area is 164 Å². The van der Waals surface area contributed by atoms with Gasteiger partial charge in [-0.2, -0.15) is 8.78 Å². The van der Waals surface area contributed by atoms with Gasteiger partial charge in [0, 0.05) is 25.0 Å². The van der Waals surface area contributed by atoms with Gasteiger partial charge in [-0.3, -0.25) is 9.78 Å². The van der Waals surface area contributed by atoms with Gasteiger partial charge in [0.2, 0.25) is 5.91 Å². The Morgan fingerprint density at radius 1 is 1.18 bits per heavy atom. The van der Waals surface area contributed by atoms with Gasteiger partial charge < -0.3 is 14.6 Å². The molecule has 28 heavy (non-hydrogen) atoms. The van der Waals surface area contributed by atoms with Crippen molar-refractivity contribution in [2.24, 2.45) is 7.05 Å². The predicted molar refractivity (Wildman–Crippen MR) is 101 cm³/mol. The number of nitrogens with zero attached hydrogens (tertiary/aromatic N) is 4. The minimum Gasteiger partial charge on any atom is -0.433 e. The Morgan fingerprint density at radius 3 is 2.61 bits per heavy atom. The number of anilines is 1. The summed E-state index contributed by atoms with van der Waals surface area (Å²) >= 11 is 1.21. The number of nitrogens with one attached hydrogen (secondary N) is 1. The number of carbonyl (C=O) groups is 1. The number of thioether (sulfide) groups is 1. The third-order valence-electron chi connectivity index (χ3n) is 3.79. The molecule has 0 bridgehead atoms. The van der Waals surface area contributed by atoms with Crippen LogP contribution in [0.25, 0.3) is 11.4 Å². The number of ether oxygens (including phenoxy) is 1. The molecule has 1 N–H and O–H groups in total. The van der Waals surface area contributed by atoms with Crippen molar-refractivity contribution in [1.82, 2.24) is 19.7 Å². The molecule has 0 aliphatic rings. The molecule has 0 fully saturated rings. The predicted octanol–water partition coefficient (Wildman–Crippen LogP) is 3.60. The number of halogens is 2. The van der Waals surface area contributed by atoms with E-state index in [-0.39, 0.29) is 17.3 Å². The maximum atomic E-state index is 12.5. The first-order valence-electron chi connectivity index (χ1n) is 8.27. The first-order chi connectivity index (χ1) is 13.5. The molecular formula is C18H17F2N5O2S. The quantitative estimate of drug-likeness (QED) is 0.605. The molecule has 0 unspecified atom stereocenters. The van der Waals surface area contributed by atoms with E-state index in [0.29, 0.717) is 11.0 Å². The average Bonchev–Trinajstić information content (AvgIpc) is 3.04. The number of hydrogen-bond donors (Lipinski definition) is 1. The van der Waals surface area contributed by atoms with E-state index >= 15 is 0 Å². The summed E-state index contributed by atoms with van der Waals surface area (Å²) in [7, 11) is 1.80. The van der Waals surface area contributed by atoms with Crippen molar-refractivity contribution in [1.29, 1.82) is 0 Å². The second-order valence-corrected chi connectivity index (χ2v) is 7.03. The van der Waals surface area contributed by atoms with Gasteiger partial charge in [-0.15, -0.1) is 10.2 Å². The van der Waals surface area contributed by atoms with E-state index in [9.17, 15) is 13.6 Å². The molecule has 0 aliphatic carbocycles. The molecule has 3 aromatic rings. The van der Waals surface area contributed by atoms with Crippen molar-refractivity contribution < 1.29 is 18.3 Å². The number of alkyl halides is 2. The maximum Gasteiger partial charge on any atom is 0.387 e. The summed E-state index contributed by atoms with van der Waals surface area (Å²) in [5.41, 5.74) is 1.03. The van der Waals surface area contributed by atoms with Gasteiger partial charge in [-0.05, 0) is 31.2 Å². The van der Waals surface area contributed by atoms with Crippen molar-refractivity contribution in [2.45, 2.75) is 23.9 Å². The number of carbonyl (C=O) groups excluding carboxylic acids is 1. The molecule has 1 atom stereocenters. The molecule has 3 rings (SSSR count). The van der Waals surface area contributed by atoms with Crippen LogP contribution in [0.3, 0.4) is 0 Å². The standard InChI is InChI=1S/C18H17F2N5O2S/c1-11(16(26)22-13-5-3-4-6-14(13)27-17(19)20)28-18-24-23-15(25(18)2)12-7-9-21-10-8-12/h3-11,17H,1-2H3,(H,22,26)/t11-/m1/s1. The minimum atomic E-state index is -2.98. The zero-order valence-electron chi connectivity index (χ0n) is 15.0. The number of rotatable bonds is 7. The number of hydrogen-bond acceptors (Lipinski definition) is 6. The highest BCUT2D eigenvalue weighted by molar-refractivity contribution is 8.00. The first-order valence-corrected chi connectivity index (χ1v) is 9.15. The van der Waals surface area contributed by atoms with E-state index in [0.717, 1.165) is 5.56 Å². The van der Waals surface area contributed by atoms with Crippen LogP contribution >= 0.6 is 11.8 Å². The summed E-state index contributed by atoms with van der Waals surface area (Å²) in [5.74, 6) is 0.179. The third-order valence-corrected chi connectivity index (χ3v) is 4.92. The molecule has 0 aliphatic heterocycles. The number of para-hydroxylation sites is 2. The van der Waals surface area contributed by atoms with E-state index in [4.69, 9.17) is 0 Å². The largest absolute Gasteiger partial charge is 0.433 e. The van der Waals surface area contributed by atoms with Gasteiger partial charge in [0.05, 0.1) is 10.9 Å². The van der Waals surface area contributed by atoms with Crippen LogP contribution in [0.4, 0.5) is 14.5 Å². The Bertz CT molecular complexity index is 952. The van der Waals surface area contributed by atoms with Crippen LogP contribution in [-0.2, 0) is 11.8 Å².